The summed E-state index contributed by atoms with van der Waals surface area (Å²) in [5.74, 6) is 0.974. The van der Waals surface area contributed by atoms with Crippen LogP contribution in [0.4, 0.5) is 0 Å². The average Bonchev–Trinajstić information content (AvgIpc) is 2.47. The maximum absolute atomic E-state index is 5.44. The highest BCUT2D eigenvalue weighted by Gasteiger charge is 2.10. The zero-order valence-corrected chi connectivity index (χ0v) is 8.53. The van der Waals surface area contributed by atoms with Crippen molar-refractivity contribution >= 4 is 11.3 Å². The van der Waals surface area contributed by atoms with Crippen molar-refractivity contribution in [2.45, 2.75) is 20.3 Å². The lowest BCUT2D eigenvalue weighted by Gasteiger charge is -2.03. The molecule has 1 aromatic heterocycles. The molecule has 0 aliphatic rings. The van der Waals surface area contributed by atoms with Crippen LogP contribution in [0.3, 0.4) is 0 Å². The second kappa shape index (κ2) is 4.36. The van der Waals surface area contributed by atoms with Crippen molar-refractivity contribution in [2.24, 2.45) is 0 Å². The molecule has 12 heavy (non-hydrogen) atoms. The van der Waals surface area contributed by atoms with Crippen LogP contribution >= 0.6 is 11.3 Å². The van der Waals surface area contributed by atoms with E-state index < -0.39 is 0 Å². The van der Waals surface area contributed by atoms with Gasteiger partial charge in [0.25, 0.3) is 0 Å². The van der Waals surface area contributed by atoms with Crippen LogP contribution in [0.25, 0.3) is 0 Å². The molecular formula is C9H14O2S. The Labute approximate surface area is 77.1 Å². The van der Waals surface area contributed by atoms with Crippen molar-refractivity contribution in [1.29, 1.82) is 0 Å². The number of hydrogen-bond acceptors (Lipinski definition) is 3. The highest BCUT2D eigenvalue weighted by molar-refractivity contribution is 7.12. The molecule has 0 radical (unpaired) electrons. The van der Waals surface area contributed by atoms with E-state index in [2.05, 4.69) is 6.92 Å². The van der Waals surface area contributed by atoms with Gasteiger partial charge < -0.3 is 9.47 Å². The van der Waals surface area contributed by atoms with Crippen LogP contribution in [-0.2, 0) is 6.42 Å². The predicted molar refractivity (Wildman–Crippen MR) is 51.4 cm³/mol. The molecule has 2 nitrogen and oxygen atoms in total. The molecule has 0 aliphatic heterocycles. The highest BCUT2D eigenvalue weighted by Crippen LogP contribution is 2.36. The summed E-state index contributed by atoms with van der Waals surface area (Å²) in [5, 5.41) is 2.97. The zero-order valence-electron chi connectivity index (χ0n) is 7.72. The first-order valence-electron chi connectivity index (χ1n) is 4.10. The summed E-state index contributed by atoms with van der Waals surface area (Å²) < 4.78 is 10.6. The number of rotatable bonds is 4. The van der Waals surface area contributed by atoms with Gasteiger partial charge in [0.1, 0.15) is 5.75 Å². The van der Waals surface area contributed by atoms with Crippen molar-refractivity contribution in [3.8, 4) is 10.8 Å². The second-order valence-electron chi connectivity index (χ2n) is 2.36. The summed E-state index contributed by atoms with van der Waals surface area (Å²) in [7, 11) is 1.70. The minimum atomic E-state index is 0.715. The summed E-state index contributed by atoms with van der Waals surface area (Å²) in [6.07, 6.45) is 0.960. The van der Waals surface area contributed by atoms with Crippen LogP contribution in [-0.4, -0.2) is 13.7 Å². The maximum atomic E-state index is 5.44. The smallest absolute Gasteiger partial charge is 0.180 e. The van der Waals surface area contributed by atoms with Crippen LogP contribution in [0, 0.1) is 0 Å². The molecule has 0 aromatic carbocycles. The topological polar surface area (TPSA) is 18.5 Å². The number of methoxy groups -OCH3 is 1. The fourth-order valence-electron chi connectivity index (χ4n) is 1.12. The molecule has 0 aliphatic carbocycles. The van der Waals surface area contributed by atoms with Crippen LogP contribution in [0.15, 0.2) is 5.38 Å². The Hall–Kier alpha value is -0.700. The van der Waals surface area contributed by atoms with Crippen molar-refractivity contribution in [3.05, 3.63) is 10.9 Å². The van der Waals surface area contributed by atoms with Crippen LogP contribution in [0.1, 0.15) is 19.4 Å². The molecule has 0 unspecified atom stereocenters. The van der Waals surface area contributed by atoms with E-state index in [1.165, 1.54) is 5.56 Å². The summed E-state index contributed by atoms with van der Waals surface area (Å²) in [4.78, 5) is 0. The summed E-state index contributed by atoms with van der Waals surface area (Å²) in [5.41, 5.74) is 1.18. The fourth-order valence-corrected chi connectivity index (χ4v) is 2.02. The molecule has 1 aromatic rings. The molecule has 1 heterocycles. The van der Waals surface area contributed by atoms with Gasteiger partial charge in [-0.3, -0.25) is 0 Å². The third-order valence-corrected chi connectivity index (χ3v) is 2.61. The van der Waals surface area contributed by atoms with E-state index in [0.29, 0.717) is 6.61 Å². The molecular weight excluding hydrogens is 172 g/mol. The van der Waals surface area contributed by atoms with E-state index in [1.807, 2.05) is 12.3 Å². The molecule has 3 heteroatoms. The largest absolute Gasteiger partial charge is 0.493 e. The van der Waals surface area contributed by atoms with Crippen molar-refractivity contribution in [2.75, 3.05) is 13.7 Å². The van der Waals surface area contributed by atoms with Gasteiger partial charge in [-0.2, -0.15) is 0 Å². The standard InChI is InChI=1S/C9H14O2S/c1-4-7-8(11-5-2)6-12-9(7)10-3/h6H,4-5H2,1-3H3. The molecule has 0 amide bonds. The number of thiophene rings is 1. The lowest BCUT2D eigenvalue weighted by Crippen LogP contribution is -1.93. The molecule has 1 rings (SSSR count). The predicted octanol–water partition coefficient (Wildman–Crippen LogP) is 2.72. The van der Waals surface area contributed by atoms with Gasteiger partial charge in [-0.25, -0.2) is 0 Å². The van der Waals surface area contributed by atoms with Crippen LogP contribution < -0.4 is 9.47 Å². The van der Waals surface area contributed by atoms with Crippen LogP contribution in [0.5, 0.6) is 10.8 Å². The van der Waals surface area contributed by atoms with Crippen molar-refractivity contribution in [3.63, 3.8) is 0 Å². The molecule has 0 bridgehead atoms. The Kier molecular flexibility index (Phi) is 3.41. The molecule has 0 N–H and O–H groups in total. The zero-order chi connectivity index (χ0) is 8.97. The van der Waals surface area contributed by atoms with Gasteiger partial charge in [0.2, 0.25) is 0 Å². The highest BCUT2D eigenvalue weighted by atomic mass is 32.1. The number of hydrogen-bond donors (Lipinski definition) is 0. The SMILES string of the molecule is CCOc1csc(OC)c1CC. The summed E-state index contributed by atoms with van der Waals surface area (Å²) >= 11 is 1.59. The first kappa shape index (κ1) is 9.39. The van der Waals surface area contributed by atoms with Gasteiger partial charge in [0.15, 0.2) is 5.06 Å². The quantitative estimate of drug-likeness (QED) is 0.719. The Morgan fingerprint density at radius 1 is 1.42 bits per heavy atom. The lowest BCUT2D eigenvalue weighted by atomic mass is 10.2. The van der Waals surface area contributed by atoms with Gasteiger partial charge in [0, 0.05) is 10.9 Å². The molecule has 0 saturated heterocycles. The molecule has 0 atom stereocenters. The minimum absolute atomic E-state index is 0.715. The third kappa shape index (κ3) is 1.72. The summed E-state index contributed by atoms with van der Waals surface area (Å²) in [6, 6.07) is 0. The third-order valence-electron chi connectivity index (χ3n) is 1.66. The van der Waals surface area contributed by atoms with Gasteiger partial charge in [-0.1, -0.05) is 6.92 Å². The average molecular weight is 186 g/mol. The van der Waals surface area contributed by atoms with E-state index in [0.717, 1.165) is 17.2 Å². The molecule has 68 valence electrons. The molecule has 0 spiro atoms. The second-order valence-corrected chi connectivity index (χ2v) is 3.20. The van der Waals surface area contributed by atoms with Crippen molar-refractivity contribution in [1.82, 2.24) is 0 Å². The van der Waals surface area contributed by atoms with E-state index >= 15 is 0 Å². The Morgan fingerprint density at radius 3 is 2.67 bits per heavy atom. The Morgan fingerprint density at radius 2 is 2.17 bits per heavy atom. The van der Waals surface area contributed by atoms with Gasteiger partial charge in [-0.05, 0) is 13.3 Å². The van der Waals surface area contributed by atoms with Gasteiger partial charge in [0.05, 0.1) is 13.7 Å². The monoisotopic (exact) mass is 186 g/mol. The normalized spacial score (nSPS) is 9.92. The number of ether oxygens (including phenoxy) is 2. The van der Waals surface area contributed by atoms with Crippen LogP contribution in [0.2, 0.25) is 0 Å². The summed E-state index contributed by atoms with van der Waals surface area (Å²) in [6.45, 7) is 4.81. The maximum Gasteiger partial charge on any atom is 0.180 e. The van der Waals surface area contributed by atoms with E-state index in [-0.39, 0.29) is 0 Å². The first-order valence-corrected chi connectivity index (χ1v) is 4.98. The minimum Gasteiger partial charge on any atom is -0.493 e. The fraction of sp³-hybridized carbons (Fsp3) is 0.556. The van der Waals surface area contributed by atoms with Crippen molar-refractivity contribution < 1.29 is 9.47 Å². The van der Waals surface area contributed by atoms with E-state index in [1.54, 1.807) is 18.4 Å². The Bertz CT molecular complexity index is 243. The van der Waals surface area contributed by atoms with E-state index in [9.17, 15) is 0 Å². The lowest BCUT2D eigenvalue weighted by molar-refractivity contribution is 0.335. The molecule has 0 fully saturated rings. The Balaban J connectivity index is 2.88. The first-order chi connectivity index (χ1) is 5.83. The molecule has 0 saturated carbocycles. The van der Waals surface area contributed by atoms with Gasteiger partial charge >= 0.3 is 0 Å². The van der Waals surface area contributed by atoms with E-state index in [4.69, 9.17) is 9.47 Å². The van der Waals surface area contributed by atoms with Gasteiger partial charge in [-0.15, -0.1) is 11.3 Å².